The molecule has 0 saturated carbocycles. The van der Waals surface area contributed by atoms with Gasteiger partial charge in [-0.25, -0.2) is 0 Å². The fourth-order valence-electron chi connectivity index (χ4n) is 2.30. The second-order valence-electron chi connectivity index (χ2n) is 4.65. The van der Waals surface area contributed by atoms with Gasteiger partial charge >= 0.3 is 0 Å². The normalized spacial score (nSPS) is 14.9. The summed E-state index contributed by atoms with van der Waals surface area (Å²) in [5.41, 5.74) is 7.93. The fraction of sp³-hybridized carbons (Fsp3) is 0.429. The minimum absolute atomic E-state index is 0.0755. The van der Waals surface area contributed by atoms with Crippen LogP contribution in [0.1, 0.15) is 18.4 Å². The van der Waals surface area contributed by atoms with Crippen molar-refractivity contribution in [3.63, 3.8) is 0 Å². The van der Waals surface area contributed by atoms with Crippen LogP contribution in [0.4, 0.5) is 11.4 Å². The molecule has 1 aromatic rings. The molecule has 0 radical (unpaired) electrons. The maximum atomic E-state index is 12.0. The molecule has 5 nitrogen and oxygen atoms in total. The van der Waals surface area contributed by atoms with Gasteiger partial charge in [0.1, 0.15) is 0 Å². The average molecular weight is 258 g/mol. The summed E-state index contributed by atoms with van der Waals surface area (Å²) in [7, 11) is 1.76. The Hall–Kier alpha value is -2.06. The molecule has 0 fully saturated rings. The van der Waals surface area contributed by atoms with Crippen molar-refractivity contribution in [2.45, 2.75) is 12.8 Å². The summed E-state index contributed by atoms with van der Waals surface area (Å²) in [5.74, 6) is 0.0755. The van der Waals surface area contributed by atoms with E-state index >= 15 is 0 Å². The summed E-state index contributed by atoms with van der Waals surface area (Å²) in [5, 5.41) is 8.99. The van der Waals surface area contributed by atoms with Gasteiger partial charge in [-0.05, 0) is 31.2 Å². The molecule has 1 amide bonds. The monoisotopic (exact) mass is 258 g/mol. The summed E-state index contributed by atoms with van der Waals surface area (Å²) in [6.07, 6.45) is 1.37. The average Bonchev–Trinajstić information content (AvgIpc) is 2.56. The highest BCUT2D eigenvalue weighted by Crippen LogP contribution is 2.32. The number of rotatable bonds is 3. The van der Waals surface area contributed by atoms with Crippen LogP contribution in [0.15, 0.2) is 18.2 Å². The van der Waals surface area contributed by atoms with Crippen molar-refractivity contribution in [2.24, 2.45) is 5.73 Å². The number of hydrogen-bond acceptors (Lipinski definition) is 4. The van der Waals surface area contributed by atoms with Crippen LogP contribution >= 0.6 is 0 Å². The van der Waals surface area contributed by atoms with E-state index in [1.807, 2.05) is 6.07 Å². The molecule has 1 aromatic carbocycles. The lowest BCUT2D eigenvalue weighted by Crippen LogP contribution is -2.27. The summed E-state index contributed by atoms with van der Waals surface area (Å²) in [6, 6.07) is 7.59. The number of nitrogens with two attached hydrogens (primary N) is 1. The van der Waals surface area contributed by atoms with Crippen LogP contribution in [-0.4, -0.2) is 32.6 Å². The van der Waals surface area contributed by atoms with Gasteiger partial charge in [0.15, 0.2) is 0 Å². The first-order chi connectivity index (χ1) is 9.17. The van der Waals surface area contributed by atoms with Crippen molar-refractivity contribution in [2.75, 3.05) is 36.5 Å². The molecule has 0 aliphatic carbocycles. The predicted molar refractivity (Wildman–Crippen MR) is 75.1 cm³/mol. The van der Waals surface area contributed by atoms with Crippen molar-refractivity contribution in [3.05, 3.63) is 23.8 Å². The van der Waals surface area contributed by atoms with E-state index in [-0.39, 0.29) is 5.91 Å². The minimum Gasteiger partial charge on any atom is -0.369 e. The molecule has 1 heterocycles. The van der Waals surface area contributed by atoms with E-state index < -0.39 is 0 Å². The van der Waals surface area contributed by atoms with E-state index in [4.69, 9.17) is 11.0 Å². The first-order valence-corrected chi connectivity index (χ1v) is 6.43. The lowest BCUT2D eigenvalue weighted by atomic mass is 10.1. The minimum atomic E-state index is 0.0755. The number of fused-ring (bicyclic) bond motifs is 1. The maximum absolute atomic E-state index is 12.0. The molecule has 0 bridgehead atoms. The third-order valence-electron chi connectivity index (χ3n) is 3.41. The third kappa shape index (κ3) is 2.69. The Kier molecular flexibility index (Phi) is 4.03. The highest BCUT2D eigenvalue weighted by molar-refractivity contribution is 5.98. The van der Waals surface area contributed by atoms with Crippen LogP contribution in [-0.2, 0) is 4.79 Å². The topological polar surface area (TPSA) is 73.4 Å². The molecule has 0 aromatic heterocycles. The number of amides is 1. The number of benzene rings is 1. The SMILES string of the molecule is CN1C(=O)CCN(CCCN)c2ccc(C#N)cc21. The highest BCUT2D eigenvalue weighted by atomic mass is 16.2. The lowest BCUT2D eigenvalue weighted by molar-refractivity contribution is -0.118. The standard InChI is InChI=1S/C14H18N4O/c1-17-13-9-11(10-16)3-4-12(13)18(7-2-6-15)8-5-14(17)19/h3-4,9H,2,5-8,15H2,1H3. The molecular formula is C14H18N4O. The van der Waals surface area contributed by atoms with Crippen LogP contribution in [0.2, 0.25) is 0 Å². The van der Waals surface area contributed by atoms with Gasteiger partial charge in [-0.15, -0.1) is 0 Å². The number of carbonyl (C=O) groups is 1. The molecule has 100 valence electrons. The quantitative estimate of drug-likeness (QED) is 0.880. The second kappa shape index (κ2) is 5.72. The lowest BCUT2D eigenvalue weighted by Gasteiger charge is -2.25. The predicted octanol–water partition coefficient (Wildman–Crippen LogP) is 1.08. The molecule has 0 unspecified atom stereocenters. The summed E-state index contributed by atoms with van der Waals surface area (Å²) in [6.45, 7) is 2.16. The molecule has 0 saturated heterocycles. The van der Waals surface area contributed by atoms with Crippen LogP contribution < -0.4 is 15.5 Å². The van der Waals surface area contributed by atoms with Crippen LogP contribution in [0, 0.1) is 11.3 Å². The van der Waals surface area contributed by atoms with E-state index in [0.717, 1.165) is 24.3 Å². The van der Waals surface area contributed by atoms with Crippen LogP contribution in [0.25, 0.3) is 0 Å². The van der Waals surface area contributed by atoms with Gasteiger partial charge in [0.05, 0.1) is 23.0 Å². The van der Waals surface area contributed by atoms with Gasteiger partial charge in [0.2, 0.25) is 5.91 Å². The Labute approximate surface area is 113 Å². The fourth-order valence-corrected chi connectivity index (χ4v) is 2.30. The van der Waals surface area contributed by atoms with Gasteiger partial charge in [0.25, 0.3) is 0 Å². The third-order valence-corrected chi connectivity index (χ3v) is 3.41. The van der Waals surface area contributed by atoms with Crippen molar-refractivity contribution in [1.29, 1.82) is 5.26 Å². The van der Waals surface area contributed by atoms with Gasteiger partial charge in [-0.3, -0.25) is 4.79 Å². The molecular weight excluding hydrogens is 240 g/mol. The largest absolute Gasteiger partial charge is 0.369 e. The molecule has 5 heteroatoms. The first-order valence-electron chi connectivity index (χ1n) is 6.43. The van der Waals surface area contributed by atoms with Gasteiger partial charge < -0.3 is 15.5 Å². The summed E-state index contributed by atoms with van der Waals surface area (Å²) < 4.78 is 0. The van der Waals surface area contributed by atoms with Gasteiger partial charge in [-0.1, -0.05) is 0 Å². The van der Waals surface area contributed by atoms with E-state index in [9.17, 15) is 4.79 Å². The zero-order valence-corrected chi connectivity index (χ0v) is 11.1. The molecule has 0 atom stereocenters. The van der Waals surface area contributed by atoms with Crippen molar-refractivity contribution >= 4 is 17.3 Å². The van der Waals surface area contributed by atoms with Crippen molar-refractivity contribution < 1.29 is 4.79 Å². The molecule has 19 heavy (non-hydrogen) atoms. The Balaban J connectivity index is 2.42. The van der Waals surface area contributed by atoms with Crippen molar-refractivity contribution in [1.82, 2.24) is 0 Å². The molecule has 2 rings (SSSR count). The van der Waals surface area contributed by atoms with Gasteiger partial charge in [-0.2, -0.15) is 5.26 Å². The number of anilines is 2. The number of nitrogens with zero attached hydrogens (tertiary/aromatic N) is 3. The van der Waals surface area contributed by atoms with Crippen LogP contribution in [0.3, 0.4) is 0 Å². The highest BCUT2D eigenvalue weighted by Gasteiger charge is 2.23. The zero-order chi connectivity index (χ0) is 13.8. The maximum Gasteiger partial charge on any atom is 0.228 e. The first kappa shape index (κ1) is 13.4. The van der Waals surface area contributed by atoms with E-state index in [2.05, 4.69) is 11.0 Å². The molecule has 0 spiro atoms. The summed E-state index contributed by atoms with van der Waals surface area (Å²) in [4.78, 5) is 15.8. The zero-order valence-electron chi connectivity index (χ0n) is 11.1. The Morgan fingerprint density at radius 1 is 1.42 bits per heavy atom. The van der Waals surface area contributed by atoms with E-state index in [1.54, 1.807) is 24.1 Å². The second-order valence-corrected chi connectivity index (χ2v) is 4.65. The van der Waals surface area contributed by atoms with Gasteiger partial charge in [0, 0.05) is 26.6 Å². The number of carbonyl (C=O) groups excluding carboxylic acids is 1. The molecule has 1 aliphatic heterocycles. The van der Waals surface area contributed by atoms with E-state index in [1.165, 1.54) is 0 Å². The molecule has 1 aliphatic rings. The Morgan fingerprint density at radius 2 is 2.21 bits per heavy atom. The Bertz CT molecular complexity index is 521. The van der Waals surface area contributed by atoms with Crippen molar-refractivity contribution in [3.8, 4) is 6.07 Å². The Morgan fingerprint density at radius 3 is 2.89 bits per heavy atom. The number of hydrogen-bond donors (Lipinski definition) is 1. The smallest absolute Gasteiger partial charge is 0.228 e. The number of nitriles is 1. The van der Waals surface area contributed by atoms with Crippen LogP contribution in [0.5, 0.6) is 0 Å². The summed E-state index contributed by atoms with van der Waals surface area (Å²) >= 11 is 0. The molecule has 2 N–H and O–H groups in total. The van der Waals surface area contributed by atoms with E-state index in [0.29, 0.717) is 25.1 Å².